The van der Waals surface area contributed by atoms with Crippen LogP contribution in [0.1, 0.15) is 15.9 Å². The van der Waals surface area contributed by atoms with Crippen molar-refractivity contribution in [2.75, 3.05) is 6.61 Å². The van der Waals surface area contributed by atoms with Crippen LogP contribution < -0.4 is 4.74 Å². The Labute approximate surface area is 186 Å². The van der Waals surface area contributed by atoms with E-state index in [1.807, 2.05) is 0 Å². The number of ether oxygens (including phenoxy) is 2. The highest BCUT2D eigenvalue weighted by Crippen LogP contribution is 2.36. The number of ketones is 1. The summed E-state index contributed by atoms with van der Waals surface area (Å²) in [6, 6.07) is 4.97. The second-order valence-electron chi connectivity index (χ2n) is 7.25. The van der Waals surface area contributed by atoms with Gasteiger partial charge in [0.15, 0.2) is 17.3 Å². The summed E-state index contributed by atoms with van der Waals surface area (Å²) in [5.41, 5.74) is -0.618. The van der Waals surface area contributed by atoms with Crippen LogP contribution in [0.5, 0.6) is 28.7 Å². The third-order valence-electron chi connectivity index (χ3n) is 4.94. The zero-order valence-corrected chi connectivity index (χ0v) is 16.8. The van der Waals surface area contributed by atoms with Gasteiger partial charge in [0.05, 0.1) is 6.61 Å². The number of benzene rings is 2. The molecule has 0 spiro atoms. The molecule has 3 rings (SSSR count). The van der Waals surface area contributed by atoms with Crippen molar-refractivity contribution in [2.45, 2.75) is 30.7 Å². The molecule has 1 heterocycles. The lowest BCUT2D eigenvalue weighted by Crippen LogP contribution is -2.60. The maximum atomic E-state index is 12.8. The SMILES string of the molecule is O=C(/C=C(\O)c1ccc(O)c(O)c1)c1c(O)cc(O)cc1O[C@@H]1O[C@@H](CO)[C@@H](O)[C@H](O)[C@H]1O. The topological polar surface area (TPSA) is 218 Å². The highest BCUT2D eigenvalue weighted by Gasteiger charge is 2.45. The Hall–Kier alpha value is -3.55. The number of rotatable bonds is 6. The molecule has 178 valence electrons. The Balaban J connectivity index is 1.95. The Kier molecular flexibility index (Phi) is 6.95. The quantitative estimate of drug-likeness (QED) is 0.114. The van der Waals surface area contributed by atoms with Crippen LogP contribution in [0.25, 0.3) is 5.76 Å². The number of carbonyl (C=O) groups is 1. The maximum Gasteiger partial charge on any atom is 0.229 e. The summed E-state index contributed by atoms with van der Waals surface area (Å²) in [6.45, 7) is -0.738. The van der Waals surface area contributed by atoms with E-state index in [4.69, 9.17) is 9.47 Å². The Morgan fingerprint density at radius 1 is 0.939 bits per heavy atom. The Bertz CT molecular complexity index is 1060. The van der Waals surface area contributed by atoms with Crippen molar-refractivity contribution in [3.05, 3.63) is 47.5 Å². The molecule has 0 aliphatic carbocycles. The molecular weight excluding hydrogens is 444 g/mol. The number of phenols is 4. The van der Waals surface area contributed by atoms with Crippen molar-refractivity contribution >= 4 is 11.5 Å². The zero-order valence-electron chi connectivity index (χ0n) is 16.8. The molecule has 9 N–H and O–H groups in total. The molecule has 1 fully saturated rings. The fraction of sp³-hybridized carbons (Fsp3) is 0.286. The number of hydrogen-bond donors (Lipinski definition) is 9. The molecule has 12 heteroatoms. The molecule has 0 unspecified atom stereocenters. The molecule has 0 aromatic heterocycles. The van der Waals surface area contributed by atoms with E-state index < -0.39 is 83.2 Å². The van der Waals surface area contributed by atoms with E-state index in [1.165, 1.54) is 6.07 Å². The number of aromatic hydroxyl groups is 4. The zero-order chi connectivity index (χ0) is 24.4. The third kappa shape index (κ3) is 4.94. The van der Waals surface area contributed by atoms with Crippen LogP contribution in [-0.2, 0) is 4.74 Å². The number of phenolic OH excluding ortho intramolecular Hbond substituents is 4. The first-order valence-corrected chi connectivity index (χ1v) is 9.54. The third-order valence-corrected chi connectivity index (χ3v) is 4.94. The molecule has 0 bridgehead atoms. The minimum atomic E-state index is -1.83. The van der Waals surface area contributed by atoms with Gasteiger partial charge in [-0.2, -0.15) is 0 Å². The largest absolute Gasteiger partial charge is 0.508 e. The second-order valence-corrected chi connectivity index (χ2v) is 7.25. The van der Waals surface area contributed by atoms with Crippen molar-refractivity contribution in [1.29, 1.82) is 0 Å². The van der Waals surface area contributed by atoms with E-state index in [0.717, 1.165) is 24.3 Å². The first kappa shape index (κ1) is 24.1. The van der Waals surface area contributed by atoms with Gasteiger partial charge in [0.2, 0.25) is 6.29 Å². The van der Waals surface area contributed by atoms with Gasteiger partial charge >= 0.3 is 0 Å². The van der Waals surface area contributed by atoms with Gasteiger partial charge in [-0.25, -0.2) is 0 Å². The van der Waals surface area contributed by atoms with Gasteiger partial charge in [0.1, 0.15) is 53.0 Å². The Morgan fingerprint density at radius 2 is 1.64 bits per heavy atom. The molecule has 2 aromatic carbocycles. The molecule has 33 heavy (non-hydrogen) atoms. The average molecular weight is 466 g/mol. The number of aliphatic hydroxyl groups excluding tert-OH is 5. The van der Waals surface area contributed by atoms with E-state index in [2.05, 4.69) is 0 Å². The molecule has 0 radical (unpaired) electrons. The summed E-state index contributed by atoms with van der Waals surface area (Å²) in [4.78, 5) is 12.8. The minimum absolute atomic E-state index is 0.0479. The van der Waals surface area contributed by atoms with Crippen molar-refractivity contribution in [3.8, 4) is 28.7 Å². The van der Waals surface area contributed by atoms with Gasteiger partial charge in [-0.15, -0.1) is 0 Å². The first-order valence-electron chi connectivity index (χ1n) is 9.54. The summed E-state index contributed by atoms with van der Waals surface area (Å²) < 4.78 is 10.6. The molecule has 12 nitrogen and oxygen atoms in total. The van der Waals surface area contributed by atoms with Crippen LogP contribution in [0, 0.1) is 0 Å². The van der Waals surface area contributed by atoms with Crippen molar-refractivity contribution in [3.63, 3.8) is 0 Å². The summed E-state index contributed by atoms with van der Waals surface area (Å²) in [6.07, 6.45) is -7.65. The second kappa shape index (κ2) is 9.52. The van der Waals surface area contributed by atoms with Gasteiger partial charge in [0, 0.05) is 23.8 Å². The number of allylic oxidation sites excluding steroid dienone is 1. The summed E-state index contributed by atoms with van der Waals surface area (Å²) >= 11 is 0. The van der Waals surface area contributed by atoms with Crippen LogP contribution in [0.4, 0.5) is 0 Å². The smallest absolute Gasteiger partial charge is 0.229 e. The fourth-order valence-corrected chi connectivity index (χ4v) is 3.18. The molecule has 0 saturated carbocycles. The van der Waals surface area contributed by atoms with Gasteiger partial charge in [-0.3, -0.25) is 4.79 Å². The number of carbonyl (C=O) groups excluding carboxylic acids is 1. The number of hydrogen-bond acceptors (Lipinski definition) is 12. The Morgan fingerprint density at radius 3 is 2.27 bits per heavy atom. The summed E-state index contributed by atoms with van der Waals surface area (Å²) in [7, 11) is 0. The van der Waals surface area contributed by atoms with Gasteiger partial charge in [-0.1, -0.05) is 0 Å². The van der Waals surface area contributed by atoms with Gasteiger partial charge < -0.3 is 55.4 Å². The predicted molar refractivity (Wildman–Crippen MR) is 109 cm³/mol. The van der Waals surface area contributed by atoms with Crippen molar-refractivity contribution < 1.29 is 60.2 Å². The van der Waals surface area contributed by atoms with E-state index in [0.29, 0.717) is 6.08 Å². The summed E-state index contributed by atoms with van der Waals surface area (Å²) in [5.74, 6) is -4.51. The first-order chi connectivity index (χ1) is 15.5. The van der Waals surface area contributed by atoms with E-state index in [-0.39, 0.29) is 5.56 Å². The molecule has 1 aliphatic heterocycles. The van der Waals surface area contributed by atoms with Crippen molar-refractivity contribution in [1.82, 2.24) is 0 Å². The highest BCUT2D eigenvalue weighted by atomic mass is 16.7. The van der Waals surface area contributed by atoms with E-state index in [9.17, 15) is 50.8 Å². The van der Waals surface area contributed by atoms with Crippen LogP contribution in [-0.4, -0.2) is 89.1 Å². The van der Waals surface area contributed by atoms with Crippen LogP contribution >= 0.6 is 0 Å². The number of aliphatic hydroxyl groups is 5. The fourth-order valence-electron chi connectivity index (χ4n) is 3.18. The average Bonchev–Trinajstić information content (AvgIpc) is 2.75. The van der Waals surface area contributed by atoms with Crippen molar-refractivity contribution in [2.24, 2.45) is 0 Å². The molecule has 0 amide bonds. The van der Waals surface area contributed by atoms with Crippen LogP contribution in [0.3, 0.4) is 0 Å². The minimum Gasteiger partial charge on any atom is -0.508 e. The molecule has 1 aliphatic rings. The maximum absolute atomic E-state index is 12.8. The lowest BCUT2D eigenvalue weighted by Gasteiger charge is -2.39. The molecule has 5 atom stereocenters. The van der Waals surface area contributed by atoms with Crippen LogP contribution in [0.15, 0.2) is 36.4 Å². The lowest BCUT2D eigenvalue weighted by atomic mass is 9.99. The normalized spacial score (nSPS) is 25.6. The van der Waals surface area contributed by atoms with E-state index >= 15 is 0 Å². The van der Waals surface area contributed by atoms with Crippen LogP contribution in [0.2, 0.25) is 0 Å². The molecular formula is C21H22O12. The highest BCUT2D eigenvalue weighted by molar-refractivity contribution is 6.11. The monoisotopic (exact) mass is 466 g/mol. The molecule has 1 saturated heterocycles. The predicted octanol–water partition coefficient (Wildman–Crippen LogP) is -0.530. The molecule has 2 aromatic rings. The standard InChI is InChI=1S/C21H22O12/c22-7-16-18(29)19(30)20(31)21(33-16)32-15-5-9(23)4-13(27)17(15)14(28)6-11(25)8-1-2-10(24)12(26)3-8/h1-6,16,18-27,29-31H,7H2/b11-6-/t16-,18+,19-,20+,21+/m0/s1. The lowest BCUT2D eigenvalue weighted by molar-refractivity contribution is -0.277. The van der Waals surface area contributed by atoms with E-state index in [1.54, 1.807) is 0 Å². The van der Waals surface area contributed by atoms with Gasteiger partial charge in [-0.05, 0) is 18.2 Å². The summed E-state index contributed by atoms with van der Waals surface area (Å²) in [5, 5.41) is 88.4. The van der Waals surface area contributed by atoms with Gasteiger partial charge in [0.25, 0.3) is 0 Å².